The molecular weight excluding hydrogens is 447 g/mol. The molecule has 35 heavy (non-hydrogen) atoms. The van der Waals surface area contributed by atoms with Gasteiger partial charge in [-0.05, 0) is 38.0 Å². The molecule has 0 spiro atoms. The van der Waals surface area contributed by atoms with Crippen molar-refractivity contribution >= 4 is 17.5 Å². The molecule has 2 aromatic carbocycles. The lowest BCUT2D eigenvalue weighted by molar-refractivity contribution is -0.149. The van der Waals surface area contributed by atoms with Gasteiger partial charge in [0.1, 0.15) is 11.5 Å². The van der Waals surface area contributed by atoms with E-state index in [1.165, 1.54) is 10.6 Å². The van der Waals surface area contributed by atoms with Crippen LogP contribution in [0.1, 0.15) is 30.3 Å². The molecule has 1 aliphatic heterocycles. The summed E-state index contributed by atoms with van der Waals surface area (Å²) in [4.78, 5) is 32.3. The molecule has 1 fully saturated rings. The van der Waals surface area contributed by atoms with Crippen LogP contribution in [0.5, 0.6) is 0 Å². The number of piperidine rings is 1. The van der Waals surface area contributed by atoms with Gasteiger partial charge in [0.25, 0.3) is 5.91 Å². The van der Waals surface area contributed by atoms with Crippen molar-refractivity contribution in [2.45, 2.75) is 19.8 Å². The molecule has 1 saturated heterocycles. The van der Waals surface area contributed by atoms with Crippen LogP contribution in [0.15, 0.2) is 66.7 Å². The van der Waals surface area contributed by atoms with Gasteiger partial charge in [0.15, 0.2) is 5.65 Å². The first-order chi connectivity index (χ1) is 17.0. The highest BCUT2D eigenvalue weighted by Crippen LogP contribution is 2.27. The zero-order valence-corrected chi connectivity index (χ0v) is 19.4. The van der Waals surface area contributed by atoms with Crippen molar-refractivity contribution in [3.05, 3.63) is 78.2 Å². The molecule has 3 heterocycles. The Morgan fingerprint density at radius 1 is 1.06 bits per heavy atom. The Morgan fingerprint density at radius 2 is 1.83 bits per heavy atom. The van der Waals surface area contributed by atoms with Gasteiger partial charge in [0, 0.05) is 30.3 Å². The van der Waals surface area contributed by atoms with Crippen molar-refractivity contribution in [3.63, 3.8) is 0 Å². The van der Waals surface area contributed by atoms with E-state index in [9.17, 15) is 14.0 Å². The minimum absolute atomic E-state index is 0.264. The van der Waals surface area contributed by atoms with Gasteiger partial charge in [-0.15, -0.1) is 0 Å². The Hall–Kier alpha value is -4.07. The van der Waals surface area contributed by atoms with Gasteiger partial charge in [-0.25, -0.2) is 13.9 Å². The van der Waals surface area contributed by atoms with E-state index in [0.29, 0.717) is 48.6 Å². The van der Waals surface area contributed by atoms with Gasteiger partial charge in [-0.2, -0.15) is 5.10 Å². The monoisotopic (exact) mass is 472 g/mol. The second-order valence-electron chi connectivity index (χ2n) is 8.51. The highest BCUT2D eigenvalue weighted by molar-refractivity contribution is 5.95. The number of rotatable bonds is 5. The number of ether oxygens (including phenoxy) is 1. The molecule has 8 heteroatoms. The quantitative estimate of drug-likeness (QED) is 0.396. The van der Waals surface area contributed by atoms with Crippen molar-refractivity contribution in [1.29, 1.82) is 0 Å². The van der Waals surface area contributed by atoms with Crippen LogP contribution in [0.4, 0.5) is 4.39 Å². The molecule has 1 atom stereocenters. The molecule has 178 valence electrons. The van der Waals surface area contributed by atoms with Crippen molar-refractivity contribution in [3.8, 4) is 22.5 Å². The summed E-state index contributed by atoms with van der Waals surface area (Å²) in [6.07, 6.45) is 1.37. The maximum atomic E-state index is 14.6. The predicted octanol–water partition coefficient (Wildman–Crippen LogP) is 4.62. The van der Waals surface area contributed by atoms with E-state index >= 15 is 0 Å². The lowest BCUT2D eigenvalue weighted by atomic mass is 9.98. The molecule has 1 amide bonds. The van der Waals surface area contributed by atoms with Crippen LogP contribution in [-0.2, 0) is 9.53 Å². The summed E-state index contributed by atoms with van der Waals surface area (Å²) in [6, 6.07) is 19.3. The molecule has 4 aromatic rings. The van der Waals surface area contributed by atoms with Crippen molar-refractivity contribution in [2.24, 2.45) is 5.92 Å². The number of fused-ring (bicyclic) bond motifs is 1. The van der Waals surface area contributed by atoms with Gasteiger partial charge < -0.3 is 9.64 Å². The normalized spacial score (nSPS) is 15.8. The summed E-state index contributed by atoms with van der Waals surface area (Å²) in [6.45, 7) is 2.85. The lowest BCUT2D eigenvalue weighted by Gasteiger charge is -2.31. The smallest absolute Gasteiger partial charge is 0.310 e. The molecule has 2 aromatic heterocycles. The summed E-state index contributed by atoms with van der Waals surface area (Å²) in [5.41, 5.74) is 2.88. The van der Waals surface area contributed by atoms with Crippen LogP contribution in [0, 0.1) is 11.7 Å². The Balaban J connectivity index is 1.59. The van der Waals surface area contributed by atoms with Gasteiger partial charge in [-0.3, -0.25) is 9.59 Å². The number of nitrogens with zero attached hydrogens (tertiary/aromatic N) is 4. The first-order valence-corrected chi connectivity index (χ1v) is 11.7. The minimum atomic E-state index is -0.425. The number of hydrogen-bond acceptors (Lipinski definition) is 5. The molecule has 0 saturated carbocycles. The van der Waals surface area contributed by atoms with Crippen molar-refractivity contribution < 1.29 is 18.7 Å². The summed E-state index contributed by atoms with van der Waals surface area (Å²) in [7, 11) is 0. The third-order valence-corrected chi connectivity index (χ3v) is 6.19. The number of carbonyl (C=O) groups is 2. The van der Waals surface area contributed by atoms with E-state index in [1.54, 1.807) is 42.2 Å². The van der Waals surface area contributed by atoms with Crippen LogP contribution in [0.25, 0.3) is 28.2 Å². The Kier molecular flexibility index (Phi) is 6.27. The van der Waals surface area contributed by atoms with Gasteiger partial charge in [-0.1, -0.05) is 42.5 Å². The maximum absolute atomic E-state index is 14.6. The molecule has 7 nitrogen and oxygen atoms in total. The van der Waals surface area contributed by atoms with Crippen LogP contribution < -0.4 is 0 Å². The average Bonchev–Trinajstić information content (AvgIpc) is 3.33. The first-order valence-electron chi connectivity index (χ1n) is 11.7. The second-order valence-corrected chi connectivity index (χ2v) is 8.51. The Morgan fingerprint density at radius 3 is 2.60 bits per heavy atom. The van der Waals surface area contributed by atoms with Crippen LogP contribution in [0.3, 0.4) is 0 Å². The molecular formula is C27H25FN4O3. The molecule has 0 radical (unpaired) electrons. The molecule has 5 rings (SSSR count). The summed E-state index contributed by atoms with van der Waals surface area (Å²) < 4.78 is 21.3. The molecule has 1 aliphatic rings. The minimum Gasteiger partial charge on any atom is -0.466 e. The zero-order chi connectivity index (χ0) is 24.4. The SMILES string of the molecule is CCOC(=O)[C@H]1CCCN(C(=O)c2cc(-c3ccccc3F)nc3cc(-c4ccccc4)nn23)C1. The molecule has 0 bridgehead atoms. The lowest BCUT2D eigenvalue weighted by Crippen LogP contribution is -2.43. The van der Waals surface area contributed by atoms with E-state index in [0.717, 1.165) is 5.56 Å². The van der Waals surface area contributed by atoms with E-state index < -0.39 is 5.82 Å². The zero-order valence-electron chi connectivity index (χ0n) is 19.4. The van der Waals surface area contributed by atoms with Crippen molar-refractivity contribution in [1.82, 2.24) is 19.5 Å². The van der Waals surface area contributed by atoms with Crippen LogP contribution in [0.2, 0.25) is 0 Å². The molecule has 0 aliphatic carbocycles. The average molecular weight is 473 g/mol. The number of amides is 1. The Labute approximate surface area is 202 Å². The number of aromatic nitrogens is 3. The highest BCUT2D eigenvalue weighted by atomic mass is 19.1. The second kappa shape index (κ2) is 9.66. The van der Waals surface area contributed by atoms with Gasteiger partial charge in [0.05, 0.1) is 23.9 Å². The molecule has 0 N–H and O–H groups in total. The fraction of sp³-hybridized carbons (Fsp3) is 0.259. The van der Waals surface area contributed by atoms with Gasteiger partial charge in [0.2, 0.25) is 0 Å². The fourth-order valence-electron chi connectivity index (χ4n) is 4.46. The van der Waals surface area contributed by atoms with E-state index in [-0.39, 0.29) is 30.0 Å². The topological polar surface area (TPSA) is 76.8 Å². The van der Waals surface area contributed by atoms with Crippen molar-refractivity contribution in [2.75, 3.05) is 19.7 Å². The maximum Gasteiger partial charge on any atom is 0.310 e. The summed E-state index contributed by atoms with van der Waals surface area (Å²) in [5, 5.41) is 4.66. The largest absolute Gasteiger partial charge is 0.466 e. The number of hydrogen-bond donors (Lipinski definition) is 0. The predicted molar refractivity (Wildman–Crippen MR) is 129 cm³/mol. The summed E-state index contributed by atoms with van der Waals surface area (Å²) >= 11 is 0. The van der Waals surface area contributed by atoms with E-state index in [1.807, 2.05) is 30.3 Å². The number of likely N-dealkylation sites (tertiary alicyclic amines) is 1. The highest BCUT2D eigenvalue weighted by Gasteiger charge is 2.31. The molecule has 0 unspecified atom stereocenters. The van der Waals surface area contributed by atoms with Gasteiger partial charge >= 0.3 is 5.97 Å². The number of halogens is 1. The number of benzene rings is 2. The number of esters is 1. The third kappa shape index (κ3) is 4.51. The van der Waals surface area contributed by atoms with E-state index in [2.05, 4.69) is 10.1 Å². The summed E-state index contributed by atoms with van der Waals surface area (Å²) in [5.74, 6) is -1.37. The Bertz CT molecular complexity index is 1390. The van der Waals surface area contributed by atoms with Crippen LogP contribution >= 0.6 is 0 Å². The third-order valence-electron chi connectivity index (χ3n) is 6.19. The first kappa shape index (κ1) is 22.7. The fourth-order valence-corrected chi connectivity index (χ4v) is 4.46. The van der Waals surface area contributed by atoms with E-state index in [4.69, 9.17) is 4.74 Å². The van der Waals surface area contributed by atoms with Crippen LogP contribution in [-0.4, -0.2) is 51.1 Å². The standard InChI is InChI=1S/C27H25FN4O3/c1-2-35-27(34)19-11-8-14-31(17-19)26(33)24-15-23(20-12-6-7-13-21(20)28)29-25-16-22(30-32(24)25)18-9-4-3-5-10-18/h3-7,9-10,12-13,15-16,19H,2,8,11,14,17H2,1H3/t19-/m0/s1. The number of carbonyl (C=O) groups excluding carboxylic acids is 2.